The molecule has 0 amide bonds. The number of benzene rings is 2. The maximum atomic E-state index is 12.4. The predicted molar refractivity (Wildman–Crippen MR) is 86.5 cm³/mol. The van der Waals surface area contributed by atoms with Crippen LogP contribution in [0.15, 0.2) is 54.6 Å². The highest BCUT2D eigenvalue weighted by Crippen LogP contribution is 2.19. The van der Waals surface area contributed by atoms with E-state index in [0.717, 1.165) is 5.52 Å². The molecule has 3 rings (SSSR count). The van der Waals surface area contributed by atoms with Gasteiger partial charge in [0.05, 0.1) is 12.1 Å². The maximum absolute atomic E-state index is 12.4. The van der Waals surface area contributed by atoms with Crippen LogP contribution in [0.2, 0.25) is 0 Å². The van der Waals surface area contributed by atoms with E-state index >= 15 is 0 Å². The van der Waals surface area contributed by atoms with Crippen molar-refractivity contribution in [3.63, 3.8) is 0 Å². The number of carbonyl (C=O) groups excluding carboxylic acids is 2. The van der Waals surface area contributed by atoms with Gasteiger partial charge in [0.15, 0.2) is 11.5 Å². The molecular weight excluding hydrogens is 292 g/mol. The van der Waals surface area contributed by atoms with Gasteiger partial charge in [0.2, 0.25) is 0 Å². The van der Waals surface area contributed by atoms with Gasteiger partial charge < -0.3 is 4.74 Å². The number of fused-ring (bicyclic) bond motifs is 1. The van der Waals surface area contributed by atoms with Gasteiger partial charge in [-0.3, -0.25) is 9.48 Å². The Morgan fingerprint density at radius 2 is 1.74 bits per heavy atom. The normalized spacial score (nSPS) is 10.7. The van der Waals surface area contributed by atoms with E-state index in [0.29, 0.717) is 10.9 Å². The molecule has 0 saturated heterocycles. The number of carbonyl (C=O) groups is 2. The lowest BCUT2D eigenvalue weighted by atomic mass is 10.1. The van der Waals surface area contributed by atoms with Crippen molar-refractivity contribution in [1.29, 1.82) is 0 Å². The van der Waals surface area contributed by atoms with Crippen molar-refractivity contribution >= 4 is 22.7 Å². The van der Waals surface area contributed by atoms with Crippen LogP contribution in [0.5, 0.6) is 0 Å². The van der Waals surface area contributed by atoms with Gasteiger partial charge in [0.1, 0.15) is 6.54 Å². The summed E-state index contributed by atoms with van der Waals surface area (Å²) in [6.45, 7) is 2.10. The van der Waals surface area contributed by atoms with Gasteiger partial charge in [-0.1, -0.05) is 48.5 Å². The standard InChI is InChI=1S/C18H16N2O3/c1-2-23-18(22)17-14-10-6-7-11-15(14)20(19-17)12-16(21)13-8-4-3-5-9-13/h3-11H,2,12H2,1H3. The third-order valence-corrected chi connectivity index (χ3v) is 3.52. The van der Waals surface area contributed by atoms with Gasteiger partial charge in [0, 0.05) is 10.9 Å². The number of hydrogen-bond acceptors (Lipinski definition) is 4. The Labute approximate surface area is 133 Å². The number of para-hydroxylation sites is 1. The van der Waals surface area contributed by atoms with Gasteiger partial charge in [-0.2, -0.15) is 5.10 Å². The molecule has 3 aromatic rings. The van der Waals surface area contributed by atoms with E-state index in [9.17, 15) is 9.59 Å². The van der Waals surface area contributed by atoms with E-state index in [1.165, 1.54) is 0 Å². The summed E-state index contributed by atoms with van der Waals surface area (Å²) < 4.78 is 6.59. The lowest BCUT2D eigenvalue weighted by Crippen LogP contribution is -2.13. The van der Waals surface area contributed by atoms with Crippen molar-refractivity contribution in [2.24, 2.45) is 0 Å². The second kappa shape index (κ2) is 6.44. The SMILES string of the molecule is CCOC(=O)c1nn(CC(=O)c2ccccc2)c2ccccc12. The molecule has 0 aliphatic rings. The van der Waals surface area contributed by atoms with Gasteiger partial charge in [-0.05, 0) is 13.0 Å². The summed E-state index contributed by atoms with van der Waals surface area (Å²) >= 11 is 0. The molecule has 5 heteroatoms. The number of nitrogens with zero attached hydrogens (tertiary/aromatic N) is 2. The quantitative estimate of drug-likeness (QED) is 0.537. The number of ether oxygens (including phenoxy) is 1. The molecule has 23 heavy (non-hydrogen) atoms. The van der Waals surface area contributed by atoms with E-state index in [1.807, 2.05) is 36.4 Å². The summed E-state index contributed by atoms with van der Waals surface area (Å²) in [5, 5.41) is 4.98. The van der Waals surface area contributed by atoms with Crippen LogP contribution in [-0.2, 0) is 11.3 Å². The zero-order valence-electron chi connectivity index (χ0n) is 12.7. The number of Topliss-reactive ketones (excluding diaryl/α,β-unsaturated/α-hetero) is 1. The van der Waals surface area contributed by atoms with Gasteiger partial charge in [-0.25, -0.2) is 4.79 Å². The third kappa shape index (κ3) is 2.99. The number of hydrogen-bond donors (Lipinski definition) is 0. The molecule has 0 saturated carbocycles. The summed E-state index contributed by atoms with van der Waals surface area (Å²) in [7, 11) is 0. The zero-order valence-corrected chi connectivity index (χ0v) is 12.7. The number of ketones is 1. The first-order valence-corrected chi connectivity index (χ1v) is 7.41. The highest BCUT2D eigenvalue weighted by atomic mass is 16.5. The molecule has 0 aliphatic carbocycles. The minimum atomic E-state index is -0.477. The number of esters is 1. The minimum Gasteiger partial charge on any atom is -0.461 e. The summed E-state index contributed by atoms with van der Waals surface area (Å²) in [6.07, 6.45) is 0. The molecule has 1 aromatic heterocycles. The van der Waals surface area contributed by atoms with E-state index in [2.05, 4.69) is 5.10 Å². The second-order valence-electron chi connectivity index (χ2n) is 5.03. The van der Waals surface area contributed by atoms with E-state index in [4.69, 9.17) is 4.74 Å². The van der Waals surface area contributed by atoms with Crippen LogP contribution in [0.3, 0.4) is 0 Å². The van der Waals surface area contributed by atoms with Crippen LogP contribution >= 0.6 is 0 Å². The summed E-state index contributed by atoms with van der Waals surface area (Å²) in [5.74, 6) is -0.538. The molecule has 0 bridgehead atoms. The monoisotopic (exact) mass is 308 g/mol. The lowest BCUT2D eigenvalue weighted by Gasteiger charge is -2.03. The highest BCUT2D eigenvalue weighted by molar-refractivity contribution is 6.03. The summed E-state index contributed by atoms with van der Waals surface area (Å²) in [6, 6.07) is 16.3. The fourth-order valence-electron chi connectivity index (χ4n) is 2.45. The summed E-state index contributed by atoms with van der Waals surface area (Å²) in [5.41, 5.74) is 1.59. The molecule has 0 spiro atoms. The molecule has 0 radical (unpaired) electrons. The Morgan fingerprint density at radius 3 is 2.48 bits per heavy atom. The third-order valence-electron chi connectivity index (χ3n) is 3.52. The zero-order chi connectivity index (χ0) is 16.2. The largest absolute Gasteiger partial charge is 0.461 e. The predicted octanol–water partition coefficient (Wildman–Crippen LogP) is 3.10. The lowest BCUT2D eigenvalue weighted by molar-refractivity contribution is 0.0520. The van der Waals surface area contributed by atoms with Crippen molar-refractivity contribution in [3.8, 4) is 0 Å². The molecule has 0 unspecified atom stereocenters. The Balaban J connectivity index is 1.98. The Hall–Kier alpha value is -2.95. The number of rotatable bonds is 5. The van der Waals surface area contributed by atoms with Crippen LogP contribution < -0.4 is 0 Å². The van der Waals surface area contributed by atoms with E-state index in [1.54, 1.807) is 29.8 Å². The van der Waals surface area contributed by atoms with Crippen molar-refractivity contribution in [1.82, 2.24) is 9.78 Å². The summed E-state index contributed by atoms with van der Waals surface area (Å²) in [4.78, 5) is 24.4. The average Bonchev–Trinajstić information content (AvgIpc) is 2.95. The molecule has 0 aliphatic heterocycles. The molecule has 5 nitrogen and oxygen atoms in total. The van der Waals surface area contributed by atoms with Crippen LogP contribution in [0.25, 0.3) is 10.9 Å². The van der Waals surface area contributed by atoms with Crippen molar-refractivity contribution in [3.05, 3.63) is 65.9 Å². The van der Waals surface area contributed by atoms with Gasteiger partial charge in [0.25, 0.3) is 0 Å². The fraction of sp³-hybridized carbons (Fsp3) is 0.167. The fourth-order valence-corrected chi connectivity index (χ4v) is 2.45. The smallest absolute Gasteiger partial charge is 0.359 e. The van der Waals surface area contributed by atoms with E-state index in [-0.39, 0.29) is 24.6 Å². The van der Waals surface area contributed by atoms with Crippen LogP contribution in [0, 0.1) is 0 Å². The van der Waals surface area contributed by atoms with Crippen molar-refractivity contribution in [2.75, 3.05) is 6.61 Å². The first-order valence-electron chi connectivity index (χ1n) is 7.41. The Morgan fingerprint density at radius 1 is 1.04 bits per heavy atom. The molecule has 2 aromatic carbocycles. The maximum Gasteiger partial charge on any atom is 0.359 e. The Kier molecular flexibility index (Phi) is 4.19. The first kappa shape index (κ1) is 15.0. The van der Waals surface area contributed by atoms with Gasteiger partial charge in [-0.15, -0.1) is 0 Å². The highest BCUT2D eigenvalue weighted by Gasteiger charge is 2.19. The molecule has 0 fully saturated rings. The van der Waals surface area contributed by atoms with Crippen LogP contribution in [-0.4, -0.2) is 28.1 Å². The van der Waals surface area contributed by atoms with E-state index < -0.39 is 5.97 Å². The van der Waals surface area contributed by atoms with Crippen molar-refractivity contribution in [2.45, 2.75) is 13.5 Å². The average molecular weight is 308 g/mol. The minimum absolute atomic E-state index is 0.0609. The Bertz CT molecular complexity index is 853. The molecular formula is C18H16N2O3. The van der Waals surface area contributed by atoms with Gasteiger partial charge >= 0.3 is 5.97 Å². The van der Waals surface area contributed by atoms with Crippen LogP contribution in [0.4, 0.5) is 0 Å². The second-order valence-corrected chi connectivity index (χ2v) is 5.03. The molecule has 0 atom stereocenters. The van der Waals surface area contributed by atoms with Crippen molar-refractivity contribution < 1.29 is 14.3 Å². The molecule has 0 N–H and O–H groups in total. The molecule has 1 heterocycles. The first-order chi connectivity index (χ1) is 11.2. The number of aromatic nitrogens is 2. The molecule has 116 valence electrons. The van der Waals surface area contributed by atoms with Crippen LogP contribution in [0.1, 0.15) is 27.8 Å². The topological polar surface area (TPSA) is 61.2 Å².